The van der Waals surface area contributed by atoms with Crippen LogP contribution in [0.15, 0.2) is 27.4 Å². The highest BCUT2D eigenvalue weighted by molar-refractivity contribution is 7.92. The summed E-state index contributed by atoms with van der Waals surface area (Å²) in [5.74, 6) is -1.08. The van der Waals surface area contributed by atoms with Gasteiger partial charge in [-0.3, -0.25) is 9.78 Å². The third-order valence-electron chi connectivity index (χ3n) is 4.32. The van der Waals surface area contributed by atoms with Crippen molar-refractivity contribution in [3.63, 3.8) is 0 Å². The number of hydrogen-bond acceptors (Lipinski definition) is 5. The Hall–Kier alpha value is -2.09. The lowest BCUT2D eigenvalue weighted by Crippen LogP contribution is -2.46. The number of carbonyl (C=O) groups excluding carboxylic acids is 1. The minimum Gasteiger partial charge on any atom is -0.408 e. The summed E-state index contributed by atoms with van der Waals surface area (Å²) >= 11 is 0. The SMILES string of the molecule is C[C@H](NC(=O)c1cccc2oc(=O)[nH]c12)C1(S(C)(=O)=O)CC1. The van der Waals surface area contributed by atoms with Crippen LogP contribution in [0.4, 0.5) is 0 Å². The molecule has 1 aromatic heterocycles. The maximum atomic E-state index is 12.4. The molecule has 3 rings (SSSR count). The molecule has 0 radical (unpaired) electrons. The largest absolute Gasteiger partial charge is 0.417 e. The van der Waals surface area contributed by atoms with Crippen molar-refractivity contribution in [2.45, 2.75) is 30.6 Å². The molecule has 7 nitrogen and oxygen atoms in total. The molecule has 1 saturated carbocycles. The lowest BCUT2D eigenvalue weighted by molar-refractivity contribution is 0.0939. The number of oxazole rings is 1. The Bertz CT molecular complexity index is 905. The van der Waals surface area contributed by atoms with Crippen molar-refractivity contribution < 1.29 is 17.6 Å². The molecule has 1 heterocycles. The number of aromatic amines is 1. The number of amides is 1. The Morgan fingerprint density at radius 2 is 2.09 bits per heavy atom. The molecule has 22 heavy (non-hydrogen) atoms. The van der Waals surface area contributed by atoms with E-state index in [9.17, 15) is 18.0 Å². The fraction of sp³-hybridized carbons (Fsp3) is 0.429. The number of aromatic nitrogens is 1. The molecule has 1 atom stereocenters. The van der Waals surface area contributed by atoms with Crippen LogP contribution in [0, 0.1) is 0 Å². The summed E-state index contributed by atoms with van der Waals surface area (Å²) in [4.78, 5) is 26.1. The highest BCUT2D eigenvalue weighted by Crippen LogP contribution is 2.46. The molecule has 1 aromatic carbocycles. The number of nitrogens with one attached hydrogen (secondary N) is 2. The second kappa shape index (κ2) is 4.70. The maximum absolute atomic E-state index is 12.4. The summed E-state index contributed by atoms with van der Waals surface area (Å²) in [6.45, 7) is 1.68. The molecule has 8 heteroatoms. The van der Waals surface area contributed by atoms with Crippen molar-refractivity contribution >= 4 is 26.8 Å². The Kier molecular flexibility index (Phi) is 3.17. The monoisotopic (exact) mass is 324 g/mol. The van der Waals surface area contributed by atoms with Gasteiger partial charge in [-0.2, -0.15) is 0 Å². The number of hydrogen-bond donors (Lipinski definition) is 2. The molecule has 0 unspecified atom stereocenters. The second-order valence-corrected chi connectivity index (χ2v) is 8.08. The quantitative estimate of drug-likeness (QED) is 0.865. The van der Waals surface area contributed by atoms with E-state index in [1.54, 1.807) is 25.1 Å². The number of carbonyl (C=O) groups is 1. The molecule has 1 amide bonds. The third kappa shape index (κ3) is 2.23. The van der Waals surface area contributed by atoms with Gasteiger partial charge in [0, 0.05) is 12.3 Å². The van der Waals surface area contributed by atoms with Crippen LogP contribution in [0.5, 0.6) is 0 Å². The van der Waals surface area contributed by atoms with E-state index in [-0.39, 0.29) is 11.1 Å². The van der Waals surface area contributed by atoms with Gasteiger partial charge in [0.05, 0.1) is 15.8 Å². The van der Waals surface area contributed by atoms with E-state index in [4.69, 9.17) is 4.42 Å². The van der Waals surface area contributed by atoms with E-state index in [1.807, 2.05) is 0 Å². The van der Waals surface area contributed by atoms with Gasteiger partial charge in [0.2, 0.25) is 0 Å². The second-order valence-electron chi connectivity index (χ2n) is 5.73. The van der Waals surface area contributed by atoms with E-state index in [2.05, 4.69) is 10.3 Å². The van der Waals surface area contributed by atoms with Gasteiger partial charge in [-0.15, -0.1) is 0 Å². The third-order valence-corrected chi connectivity index (χ3v) is 6.56. The zero-order valence-corrected chi connectivity index (χ0v) is 13.0. The Morgan fingerprint density at radius 3 is 2.68 bits per heavy atom. The van der Waals surface area contributed by atoms with Crippen molar-refractivity contribution in [3.05, 3.63) is 34.3 Å². The lowest BCUT2D eigenvalue weighted by Gasteiger charge is -2.23. The minimum atomic E-state index is -3.25. The summed E-state index contributed by atoms with van der Waals surface area (Å²) in [6, 6.07) is 4.22. The summed E-state index contributed by atoms with van der Waals surface area (Å²) in [6.07, 6.45) is 2.27. The average Bonchev–Trinajstić information content (AvgIpc) is 3.14. The molecule has 2 aromatic rings. The molecule has 0 bridgehead atoms. The number of sulfone groups is 1. The molecule has 1 aliphatic rings. The van der Waals surface area contributed by atoms with Crippen molar-refractivity contribution in [1.29, 1.82) is 0 Å². The summed E-state index contributed by atoms with van der Waals surface area (Å²) < 4.78 is 27.8. The van der Waals surface area contributed by atoms with E-state index < -0.39 is 32.3 Å². The molecule has 1 fully saturated rings. The van der Waals surface area contributed by atoms with Gasteiger partial charge in [-0.25, -0.2) is 13.2 Å². The molecular formula is C14H16N2O5S. The first-order valence-electron chi connectivity index (χ1n) is 6.87. The molecule has 0 spiro atoms. The zero-order chi connectivity index (χ0) is 16.1. The molecular weight excluding hydrogens is 308 g/mol. The van der Waals surface area contributed by atoms with Crippen LogP contribution >= 0.6 is 0 Å². The van der Waals surface area contributed by atoms with Crippen LogP contribution in [0.1, 0.15) is 30.1 Å². The fourth-order valence-corrected chi connectivity index (χ4v) is 4.36. The van der Waals surface area contributed by atoms with Crippen LogP contribution in [-0.4, -0.2) is 36.4 Å². The number of benzene rings is 1. The lowest BCUT2D eigenvalue weighted by atomic mass is 10.1. The highest BCUT2D eigenvalue weighted by Gasteiger charge is 2.56. The summed E-state index contributed by atoms with van der Waals surface area (Å²) in [5.41, 5.74) is 0.843. The van der Waals surface area contributed by atoms with Gasteiger partial charge in [0.15, 0.2) is 15.4 Å². The fourth-order valence-electron chi connectivity index (χ4n) is 2.82. The first-order valence-corrected chi connectivity index (χ1v) is 8.76. The highest BCUT2D eigenvalue weighted by atomic mass is 32.2. The molecule has 118 valence electrons. The number of rotatable bonds is 4. The van der Waals surface area contributed by atoms with Gasteiger partial charge in [0.1, 0.15) is 0 Å². The van der Waals surface area contributed by atoms with E-state index in [0.29, 0.717) is 18.4 Å². The van der Waals surface area contributed by atoms with E-state index >= 15 is 0 Å². The molecule has 0 aliphatic heterocycles. The van der Waals surface area contributed by atoms with Gasteiger partial charge < -0.3 is 9.73 Å². The number of H-pyrrole nitrogens is 1. The zero-order valence-electron chi connectivity index (χ0n) is 12.2. The summed E-state index contributed by atoms with van der Waals surface area (Å²) in [5, 5.41) is 2.73. The van der Waals surface area contributed by atoms with Gasteiger partial charge in [-0.05, 0) is 31.9 Å². The van der Waals surface area contributed by atoms with Crippen molar-refractivity contribution in [2.24, 2.45) is 0 Å². The predicted molar refractivity (Wildman–Crippen MR) is 80.6 cm³/mol. The maximum Gasteiger partial charge on any atom is 0.417 e. The Morgan fingerprint density at radius 1 is 1.41 bits per heavy atom. The van der Waals surface area contributed by atoms with Crippen LogP contribution in [-0.2, 0) is 9.84 Å². The Balaban J connectivity index is 1.90. The Labute approximate surface area is 126 Å². The molecule has 2 N–H and O–H groups in total. The number of para-hydroxylation sites is 1. The first-order chi connectivity index (χ1) is 10.2. The van der Waals surface area contributed by atoms with Crippen molar-refractivity contribution in [1.82, 2.24) is 10.3 Å². The van der Waals surface area contributed by atoms with Gasteiger partial charge in [0.25, 0.3) is 5.91 Å². The van der Waals surface area contributed by atoms with Crippen molar-refractivity contribution in [3.8, 4) is 0 Å². The van der Waals surface area contributed by atoms with Crippen LogP contribution in [0.25, 0.3) is 11.1 Å². The first kappa shape index (κ1) is 14.8. The topological polar surface area (TPSA) is 109 Å². The van der Waals surface area contributed by atoms with Gasteiger partial charge in [-0.1, -0.05) is 6.07 Å². The summed E-state index contributed by atoms with van der Waals surface area (Å²) in [7, 11) is -3.25. The van der Waals surface area contributed by atoms with Crippen LogP contribution in [0.2, 0.25) is 0 Å². The van der Waals surface area contributed by atoms with E-state index in [1.165, 1.54) is 6.26 Å². The molecule has 0 saturated heterocycles. The van der Waals surface area contributed by atoms with Crippen LogP contribution in [0.3, 0.4) is 0 Å². The smallest absolute Gasteiger partial charge is 0.408 e. The van der Waals surface area contributed by atoms with Crippen molar-refractivity contribution in [2.75, 3.05) is 6.26 Å². The number of fused-ring (bicyclic) bond motifs is 1. The van der Waals surface area contributed by atoms with E-state index in [0.717, 1.165) is 0 Å². The average molecular weight is 324 g/mol. The molecule has 1 aliphatic carbocycles. The predicted octanol–water partition coefficient (Wildman–Crippen LogP) is 0.817. The van der Waals surface area contributed by atoms with Crippen LogP contribution < -0.4 is 11.1 Å². The van der Waals surface area contributed by atoms with Gasteiger partial charge >= 0.3 is 5.76 Å². The normalized spacial score (nSPS) is 18.1. The minimum absolute atomic E-state index is 0.250. The standard InChI is InChI=1S/C14H16N2O5S/c1-8(14(6-7-14)22(2,19)20)15-12(17)9-4-3-5-10-11(9)16-13(18)21-10/h3-5,8H,6-7H2,1-2H3,(H,15,17)(H,16,18)/t8-/m0/s1.